The molecule has 1 atom stereocenters. The molecule has 1 aliphatic rings. The Morgan fingerprint density at radius 1 is 0.862 bits per heavy atom. The number of rotatable bonds is 4. The van der Waals surface area contributed by atoms with Gasteiger partial charge in [-0.2, -0.15) is 0 Å². The van der Waals surface area contributed by atoms with Gasteiger partial charge in [-0.25, -0.2) is 4.79 Å². The van der Waals surface area contributed by atoms with Crippen LogP contribution in [0.4, 0.5) is 16.2 Å². The number of carbonyl (C=O) groups excluding carboxylic acids is 2. The number of amides is 3. The molecule has 146 valence electrons. The molecule has 1 unspecified atom stereocenters. The van der Waals surface area contributed by atoms with E-state index in [1.165, 1.54) is 5.56 Å². The number of halogens is 1. The van der Waals surface area contributed by atoms with Crippen LogP contribution in [0, 0.1) is 0 Å². The fourth-order valence-corrected chi connectivity index (χ4v) is 3.69. The minimum Gasteiger partial charge on any atom is -0.331 e. The first-order valence-corrected chi connectivity index (χ1v) is 9.78. The third-order valence-electron chi connectivity index (χ3n) is 4.92. The first-order chi connectivity index (χ1) is 14.1. The summed E-state index contributed by atoms with van der Waals surface area (Å²) >= 11 is 6.04. The maximum Gasteiger partial charge on any atom is 0.319 e. The largest absolute Gasteiger partial charge is 0.331 e. The van der Waals surface area contributed by atoms with Gasteiger partial charge in [0, 0.05) is 22.0 Å². The molecular weight excluding hydrogens is 386 g/mol. The maximum absolute atomic E-state index is 12.4. The second kappa shape index (κ2) is 8.37. The summed E-state index contributed by atoms with van der Waals surface area (Å²) in [5, 5.41) is 9.36. The van der Waals surface area contributed by atoms with Crippen molar-refractivity contribution in [3.63, 3.8) is 0 Å². The number of carbonyl (C=O) groups is 2. The molecule has 0 saturated carbocycles. The summed E-state index contributed by atoms with van der Waals surface area (Å²) in [4.78, 5) is 24.7. The molecule has 29 heavy (non-hydrogen) atoms. The standard InChI is InChI=1S/C23H20ClN3O2/c24-17-9-12-20-16(14-17)8-13-21(20)27-23(29)26-19-10-6-15(7-11-19)22(28)25-18-4-2-1-3-5-18/h1-7,9-12,14,21H,8,13H2,(H,25,28)(H2,26,27,29). The molecule has 3 aromatic rings. The molecule has 3 aromatic carbocycles. The topological polar surface area (TPSA) is 70.2 Å². The minimum atomic E-state index is -0.278. The van der Waals surface area contributed by atoms with Gasteiger partial charge in [-0.1, -0.05) is 35.9 Å². The summed E-state index contributed by atoms with van der Waals surface area (Å²) in [6, 6.07) is 21.5. The molecular formula is C23H20ClN3O2. The van der Waals surface area contributed by atoms with Gasteiger partial charge in [-0.3, -0.25) is 4.79 Å². The average molecular weight is 406 g/mol. The lowest BCUT2D eigenvalue weighted by Crippen LogP contribution is -2.31. The van der Waals surface area contributed by atoms with Crippen LogP contribution in [0.1, 0.15) is 33.9 Å². The fourth-order valence-electron chi connectivity index (χ4n) is 3.49. The number of hydrogen-bond acceptors (Lipinski definition) is 2. The van der Waals surface area contributed by atoms with Crippen molar-refractivity contribution in [1.29, 1.82) is 0 Å². The summed E-state index contributed by atoms with van der Waals surface area (Å²) in [7, 11) is 0. The molecule has 0 spiro atoms. The van der Waals surface area contributed by atoms with Crippen molar-refractivity contribution in [2.75, 3.05) is 10.6 Å². The minimum absolute atomic E-state index is 0.0295. The van der Waals surface area contributed by atoms with E-state index in [4.69, 9.17) is 11.6 Å². The second-order valence-corrected chi connectivity index (χ2v) is 7.37. The van der Waals surface area contributed by atoms with Gasteiger partial charge in [0.25, 0.3) is 5.91 Å². The molecule has 0 aromatic heterocycles. The number of aryl methyl sites for hydroxylation is 1. The van der Waals surface area contributed by atoms with Gasteiger partial charge in [0.15, 0.2) is 0 Å². The van der Waals surface area contributed by atoms with Crippen LogP contribution >= 0.6 is 11.6 Å². The number of nitrogens with one attached hydrogen (secondary N) is 3. The third-order valence-corrected chi connectivity index (χ3v) is 5.16. The van der Waals surface area contributed by atoms with E-state index in [1.807, 2.05) is 48.5 Å². The lowest BCUT2D eigenvalue weighted by molar-refractivity contribution is 0.102. The van der Waals surface area contributed by atoms with E-state index >= 15 is 0 Å². The Labute approximate surface area is 174 Å². The van der Waals surface area contributed by atoms with Crippen LogP contribution in [0.5, 0.6) is 0 Å². The second-order valence-electron chi connectivity index (χ2n) is 6.93. The summed E-state index contributed by atoms with van der Waals surface area (Å²) in [5.41, 5.74) is 4.15. The maximum atomic E-state index is 12.4. The van der Waals surface area contributed by atoms with Gasteiger partial charge in [0.2, 0.25) is 0 Å². The van der Waals surface area contributed by atoms with Crippen LogP contribution in [0.2, 0.25) is 5.02 Å². The van der Waals surface area contributed by atoms with Gasteiger partial charge in [0.05, 0.1) is 6.04 Å². The van der Waals surface area contributed by atoms with Gasteiger partial charge >= 0.3 is 6.03 Å². The number of anilines is 2. The van der Waals surface area contributed by atoms with E-state index in [1.54, 1.807) is 24.3 Å². The van der Waals surface area contributed by atoms with Crippen molar-refractivity contribution in [3.8, 4) is 0 Å². The van der Waals surface area contributed by atoms with Crippen LogP contribution in [0.25, 0.3) is 0 Å². The fraction of sp³-hybridized carbons (Fsp3) is 0.130. The Kier molecular flexibility index (Phi) is 5.49. The van der Waals surface area contributed by atoms with Gasteiger partial charge in [-0.05, 0) is 72.5 Å². The Balaban J connectivity index is 1.34. The molecule has 3 amide bonds. The van der Waals surface area contributed by atoms with E-state index < -0.39 is 0 Å². The highest BCUT2D eigenvalue weighted by Crippen LogP contribution is 2.32. The average Bonchev–Trinajstić information content (AvgIpc) is 3.10. The van der Waals surface area contributed by atoms with E-state index in [0.717, 1.165) is 24.1 Å². The zero-order valence-corrected chi connectivity index (χ0v) is 16.4. The zero-order chi connectivity index (χ0) is 20.2. The highest BCUT2D eigenvalue weighted by molar-refractivity contribution is 6.30. The summed E-state index contributed by atoms with van der Waals surface area (Å²) < 4.78 is 0. The Bertz CT molecular complexity index is 1040. The molecule has 0 saturated heterocycles. The Morgan fingerprint density at radius 3 is 2.34 bits per heavy atom. The van der Waals surface area contributed by atoms with Gasteiger partial charge in [0.1, 0.15) is 0 Å². The first kappa shape index (κ1) is 19.0. The number of para-hydroxylation sites is 1. The van der Waals surface area contributed by atoms with Crippen molar-refractivity contribution < 1.29 is 9.59 Å². The third kappa shape index (κ3) is 4.58. The number of hydrogen-bond donors (Lipinski definition) is 3. The first-order valence-electron chi connectivity index (χ1n) is 9.41. The van der Waals surface area contributed by atoms with Crippen molar-refractivity contribution in [3.05, 3.63) is 94.5 Å². The number of urea groups is 1. The molecule has 3 N–H and O–H groups in total. The number of benzene rings is 3. The molecule has 6 heteroatoms. The van der Waals surface area contributed by atoms with Gasteiger partial charge in [-0.15, -0.1) is 0 Å². The highest BCUT2D eigenvalue weighted by Gasteiger charge is 2.24. The highest BCUT2D eigenvalue weighted by atomic mass is 35.5. The molecule has 0 radical (unpaired) electrons. The van der Waals surface area contributed by atoms with E-state index in [9.17, 15) is 9.59 Å². The van der Waals surface area contributed by atoms with Crippen LogP contribution in [-0.4, -0.2) is 11.9 Å². The van der Waals surface area contributed by atoms with Gasteiger partial charge < -0.3 is 16.0 Å². The zero-order valence-electron chi connectivity index (χ0n) is 15.6. The van der Waals surface area contributed by atoms with Crippen molar-refractivity contribution in [1.82, 2.24) is 5.32 Å². The molecule has 0 bridgehead atoms. The summed E-state index contributed by atoms with van der Waals surface area (Å²) in [5.74, 6) is -0.201. The lowest BCUT2D eigenvalue weighted by Gasteiger charge is -2.15. The monoisotopic (exact) mass is 405 g/mol. The predicted octanol–water partition coefficient (Wildman–Crippen LogP) is 5.40. The normalized spacial score (nSPS) is 14.7. The van der Waals surface area contributed by atoms with Crippen molar-refractivity contribution in [2.24, 2.45) is 0 Å². The number of fused-ring (bicyclic) bond motifs is 1. The van der Waals surface area contributed by atoms with Crippen LogP contribution in [0.15, 0.2) is 72.8 Å². The van der Waals surface area contributed by atoms with Crippen molar-refractivity contribution >= 4 is 34.9 Å². The van der Waals surface area contributed by atoms with Crippen LogP contribution < -0.4 is 16.0 Å². The molecule has 5 nitrogen and oxygen atoms in total. The molecule has 0 aliphatic heterocycles. The van der Waals surface area contributed by atoms with E-state index in [0.29, 0.717) is 16.3 Å². The smallest absolute Gasteiger partial charge is 0.319 e. The summed E-state index contributed by atoms with van der Waals surface area (Å²) in [6.45, 7) is 0. The van der Waals surface area contributed by atoms with Crippen LogP contribution in [0.3, 0.4) is 0 Å². The molecule has 0 fully saturated rings. The molecule has 4 rings (SSSR count). The lowest BCUT2D eigenvalue weighted by atomic mass is 10.1. The quantitative estimate of drug-likeness (QED) is 0.543. The SMILES string of the molecule is O=C(Nc1ccc(C(=O)Nc2ccccc2)cc1)NC1CCc2cc(Cl)ccc21. The predicted molar refractivity (Wildman–Crippen MR) is 116 cm³/mol. The molecule has 0 heterocycles. The Hall–Kier alpha value is -3.31. The summed E-state index contributed by atoms with van der Waals surface area (Å²) in [6.07, 6.45) is 1.74. The Morgan fingerprint density at radius 2 is 1.59 bits per heavy atom. The van der Waals surface area contributed by atoms with Crippen molar-refractivity contribution in [2.45, 2.75) is 18.9 Å². The van der Waals surface area contributed by atoms with E-state index in [2.05, 4.69) is 16.0 Å². The van der Waals surface area contributed by atoms with E-state index in [-0.39, 0.29) is 18.0 Å². The molecule has 1 aliphatic carbocycles. The van der Waals surface area contributed by atoms with Crippen LogP contribution in [-0.2, 0) is 6.42 Å².